The van der Waals surface area contributed by atoms with Crippen LogP contribution in [-0.2, 0) is 0 Å². The van der Waals surface area contributed by atoms with Crippen LogP contribution in [0.15, 0.2) is 0 Å². The van der Waals surface area contributed by atoms with Gasteiger partial charge in [0.1, 0.15) is 0 Å². The molecule has 0 aromatic rings. The first kappa shape index (κ1) is 33.1. The predicted octanol–water partition coefficient (Wildman–Crippen LogP) is 8.38. The van der Waals surface area contributed by atoms with Crippen molar-refractivity contribution in [2.24, 2.45) is 0 Å². The summed E-state index contributed by atoms with van der Waals surface area (Å²) in [6, 6.07) is 0. The molecule has 0 bridgehead atoms. The first-order chi connectivity index (χ1) is 7.91. The summed E-state index contributed by atoms with van der Waals surface area (Å²) in [5.74, 6) is 0. The van der Waals surface area contributed by atoms with E-state index in [9.17, 15) is 0 Å². The zero-order valence-electron chi connectivity index (χ0n) is 13.8. The second kappa shape index (κ2) is 32.4. The van der Waals surface area contributed by atoms with Crippen LogP contribution >= 0.6 is 50.9 Å². The van der Waals surface area contributed by atoms with E-state index in [0.29, 0.717) is 0 Å². The Morgan fingerprint density at radius 2 is 0.500 bits per heavy atom. The summed E-state index contributed by atoms with van der Waals surface area (Å²) in [6.45, 7) is 4.58. The van der Waals surface area contributed by atoms with Gasteiger partial charge in [-0.3, -0.25) is 0 Å². The highest BCUT2D eigenvalue weighted by atomic mass is 79.9. The fourth-order valence-corrected chi connectivity index (χ4v) is 2.27. The van der Waals surface area contributed by atoms with E-state index >= 15 is 0 Å². The number of unbranched alkanes of at least 4 members (excludes halogenated alkanes) is 13. The highest BCUT2D eigenvalue weighted by molar-refractivity contribution is 8.93. The Labute approximate surface area is 160 Å². The predicted molar refractivity (Wildman–Crippen MR) is 112 cm³/mol. The molecule has 0 aliphatic carbocycles. The SMILES string of the molecule is Br.Br.Br.CCCCCCCCCCCCCCCC.N. The highest BCUT2D eigenvalue weighted by Gasteiger charge is 1.92. The van der Waals surface area contributed by atoms with Gasteiger partial charge in [-0.05, 0) is 0 Å². The second-order valence-corrected chi connectivity index (χ2v) is 5.24. The van der Waals surface area contributed by atoms with Crippen molar-refractivity contribution in [1.29, 1.82) is 0 Å². The molecule has 0 spiro atoms. The average Bonchev–Trinajstić information content (AvgIpc) is 2.31. The molecule has 0 unspecified atom stereocenters. The molecule has 0 fully saturated rings. The van der Waals surface area contributed by atoms with E-state index in [1.807, 2.05) is 0 Å². The monoisotopic (exact) mass is 483 g/mol. The average molecular weight is 486 g/mol. The van der Waals surface area contributed by atoms with Gasteiger partial charge in [0.2, 0.25) is 0 Å². The van der Waals surface area contributed by atoms with Gasteiger partial charge < -0.3 is 6.15 Å². The van der Waals surface area contributed by atoms with Gasteiger partial charge in [-0.1, -0.05) is 104 Å². The third-order valence-corrected chi connectivity index (χ3v) is 3.46. The molecule has 0 saturated carbocycles. The lowest BCUT2D eigenvalue weighted by Crippen LogP contribution is -1.82. The Hall–Kier alpha value is 1.40. The van der Waals surface area contributed by atoms with Crippen LogP contribution in [0.3, 0.4) is 0 Å². The molecular weight excluding hydrogens is 446 g/mol. The molecular formula is C16H40Br3N. The zero-order chi connectivity index (χ0) is 11.9. The van der Waals surface area contributed by atoms with Crippen LogP contribution in [0, 0.1) is 0 Å². The molecule has 0 aliphatic rings. The number of halogens is 3. The van der Waals surface area contributed by atoms with Crippen molar-refractivity contribution in [2.75, 3.05) is 0 Å². The minimum Gasteiger partial charge on any atom is -0.344 e. The third kappa shape index (κ3) is 31.7. The van der Waals surface area contributed by atoms with Crippen LogP contribution in [0.25, 0.3) is 0 Å². The maximum atomic E-state index is 2.29. The first-order valence-corrected chi connectivity index (χ1v) is 7.91. The Bertz CT molecular complexity index is 110. The molecule has 0 aromatic heterocycles. The van der Waals surface area contributed by atoms with Gasteiger partial charge in [-0.2, -0.15) is 0 Å². The van der Waals surface area contributed by atoms with E-state index < -0.39 is 0 Å². The van der Waals surface area contributed by atoms with Crippen LogP contribution in [0.2, 0.25) is 0 Å². The lowest BCUT2D eigenvalue weighted by molar-refractivity contribution is 0.538. The van der Waals surface area contributed by atoms with Crippen molar-refractivity contribution in [1.82, 2.24) is 6.15 Å². The molecule has 130 valence electrons. The standard InChI is InChI=1S/C16H34.3BrH.H3N/c1-3-5-7-9-11-13-15-16-14-12-10-8-6-4-2;;;;/h3-16H2,1-2H3;3*1H;1H3. The van der Waals surface area contributed by atoms with Gasteiger partial charge in [-0.15, -0.1) is 50.9 Å². The largest absolute Gasteiger partial charge is 0.344 e. The van der Waals surface area contributed by atoms with Gasteiger partial charge in [0.25, 0.3) is 0 Å². The van der Waals surface area contributed by atoms with Crippen LogP contribution < -0.4 is 6.15 Å². The molecule has 0 aromatic carbocycles. The van der Waals surface area contributed by atoms with Gasteiger partial charge >= 0.3 is 0 Å². The van der Waals surface area contributed by atoms with E-state index in [-0.39, 0.29) is 57.1 Å². The maximum Gasteiger partial charge on any atom is -0.0533 e. The summed E-state index contributed by atoms with van der Waals surface area (Å²) in [5, 5.41) is 0. The first-order valence-electron chi connectivity index (χ1n) is 7.91. The lowest BCUT2D eigenvalue weighted by Gasteiger charge is -2.02. The van der Waals surface area contributed by atoms with E-state index in [0.717, 1.165) is 0 Å². The van der Waals surface area contributed by atoms with Gasteiger partial charge in [-0.25, -0.2) is 0 Å². The van der Waals surface area contributed by atoms with E-state index in [2.05, 4.69) is 13.8 Å². The van der Waals surface area contributed by atoms with Crippen molar-refractivity contribution in [3.05, 3.63) is 0 Å². The van der Waals surface area contributed by atoms with E-state index in [1.54, 1.807) is 0 Å². The molecule has 0 saturated heterocycles. The van der Waals surface area contributed by atoms with Crippen molar-refractivity contribution < 1.29 is 0 Å². The van der Waals surface area contributed by atoms with Crippen LogP contribution in [-0.4, -0.2) is 0 Å². The molecule has 0 heterocycles. The van der Waals surface area contributed by atoms with E-state index in [1.165, 1.54) is 89.9 Å². The zero-order valence-corrected chi connectivity index (χ0v) is 19.0. The third-order valence-electron chi connectivity index (χ3n) is 3.46. The summed E-state index contributed by atoms with van der Waals surface area (Å²) in [6.07, 6.45) is 20.4. The van der Waals surface area contributed by atoms with Crippen molar-refractivity contribution in [2.45, 2.75) is 104 Å². The smallest absolute Gasteiger partial charge is 0.0533 e. The van der Waals surface area contributed by atoms with Gasteiger partial charge in [0.05, 0.1) is 0 Å². The normalized spacial score (nSPS) is 8.70. The van der Waals surface area contributed by atoms with Crippen molar-refractivity contribution >= 4 is 50.9 Å². The molecule has 0 rings (SSSR count). The summed E-state index contributed by atoms with van der Waals surface area (Å²) in [7, 11) is 0. The molecule has 3 N–H and O–H groups in total. The molecule has 4 heteroatoms. The van der Waals surface area contributed by atoms with Crippen LogP contribution in [0.5, 0.6) is 0 Å². The van der Waals surface area contributed by atoms with Gasteiger partial charge in [0, 0.05) is 0 Å². The summed E-state index contributed by atoms with van der Waals surface area (Å²) in [4.78, 5) is 0. The molecule has 1 nitrogen and oxygen atoms in total. The van der Waals surface area contributed by atoms with E-state index in [4.69, 9.17) is 0 Å². The lowest BCUT2D eigenvalue weighted by atomic mass is 10.0. The summed E-state index contributed by atoms with van der Waals surface area (Å²) < 4.78 is 0. The fourth-order valence-electron chi connectivity index (χ4n) is 2.27. The Morgan fingerprint density at radius 3 is 0.650 bits per heavy atom. The Balaban J connectivity index is -0.000000187. The summed E-state index contributed by atoms with van der Waals surface area (Å²) >= 11 is 0. The Kier molecular flexibility index (Phi) is 53.6. The minimum atomic E-state index is 0. The minimum absolute atomic E-state index is 0. The molecule has 0 radical (unpaired) electrons. The highest BCUT2D eigenvalue weighted by Crippen LogP contribution is 2.12. The number of hydrogen-bond acceptors (Lipinski definition) is 1. The van der Waals surface area contributed by atoms with Crippen molar-refractivity contribution in [3.8, 4) is 0 Å². The topological polar surface area (TPSA) is 35.0 Å². The summed E-state index contributed by atoms with van der Waals surface area (Å²) in [5.41, 5.74) is 0. The second-order valence-electron chi connectivity index (χ2n) is 5.24. The Morgan fingerprint density at radius 1 is 0.350 bits per heavy atom. The van der Waals surface area contributed by atoms with Crippen LogP contribution in [0.4, 0.5) is 0 Å². The number of hydrogen-bond donors (Lipinski definition) is 1. The van der Waals surface area contributed by atoms with Gasteiger partial charge in [0.15, 0.2) is 0 Å². The molecule has 0 aliphatic heterocycles. The maximum absolute atomic E-state index is 2.29. The van der Waals surface area contributed by atoms with Crippen LogP contribution in [0.1, 0.15) is 104 Å². The molecule has 20 heavy (non-hydrogen) atoms. The fraction of sp³-hybridized carbons (Fsp3) is 1.00. The quantitative estimate of drug-likeness (QED) is 0.261. The molecule has 0 atom stereocenters. The number of rotatable bonds is 13. The van der Waals surface area contributed by atoms with Crippen molar-refractivity contribution in [3.63, 3.8) is 0 Å². The molecule has 0 amide bonds.